The Morgan fingerprint density at radius 2 is 2.00 bits per heavy atom. The molecule has 148 valence electrons. The van der Waals surface area contributed by atoms with Gasteiger partial charge in [0.25, 0.3) is 0 Å². The lowest BCUT2D eigenvalue weighted by molar-refractivity contribution is -0.126. The van der Waals surface area contributed by atoms with Crippen LogP contribution >= 0.6 is 0 Å². The molecule has 2 aromatic carbocycles. The molecule has 0 radical (unpaired) electrons. The summed E-state index contributed by atoms with van der Waals surface area (Å²) in [6, 6.07) is 13.0. The molecule has 1 aliphatic carbocycles. The van der Waals surface area contributed by atoms with E-state index in [2.05, 4.69) is 16.9 Å². The highest BCUT2D eigenvalue weighted by molar-refractivity contribution is 7.89. The lowest BCUT2D eigenvalue weighted by Crippen LogP contribution is -2.28. The van der Waals surface area contributed by atoms with E-state index in [1.165, 1.54) is 37.4 Å². The van der Waals surface area contributed by atoms with Crippen molar-refractivity contribution >= 4 is 22.0 Å². The third-order valence-corrected chi connectivity index (χ3v) is 6.52. The number of aryl methyl sites for hydroxylation is 1. The van der Waals surface area contributed by atoms with E-state index < -0.39 is 10.0 Å². The van der Waals surface area contributed by atoms with E-state index >= 15 is 0 Å². The molecule has 0 heterocycles. The molecule has 0 bridgehead atoms. The number of nitrogens with zero attached hydrogens (tertiary/aromatic N) is 1. The van der Waals surface area contributed by atoms with Gasteiger partial charge in [-0.3, -0.25) is 4.79 Å². The van der Waals surface area contributed by atoms with Gasteiger partial charge in [-0.25, -0.2) is 13.1 Å². The second kappa shape index (κ2) is 8.16. The molecule has 1 aliphatic rings. The van der Waals surface area contributed by atoms with Crippen molar-refractivity contribution in [3.05, 3.63) is 65.2 Å². The average Bonchev–Trinajstić information content (AvgIpc) is 3.15. The van der Waals surface area contributed by atoms with E-state index in [1.54, 1.807) is 30.2 Å². The van der Waals surface area contributed by atoms with E-state index in [-0.39, 0.29) is 22.6 Å². The van der Waals surface area contributed by atoms with E-state index in [4.69, 9.17) is 4.74 Å². The van der Waals surface area contributed by atoms with Gasteiger partial charge in [-0.15, -0.1) is 0 Å². The summed E-state index contributed by atoms with van der Waals surface area (Å²) in [6.07, 6.45) is 4.96. The van der Waals surface area contributed by atoms with Crippen molar-refractivity contribution in [3.63, 3.8) is 0 Å². The summed E-state index contributed by atoms with van der Waals surface area (Å²) in [6.45, 7) is 0. The quantitative estimate of drug-likeness (QED) is 0.757. The molecule has 1 N–H and O–H groups in total. The monoisotopic (exact) mass is 400 g/mol. The molecule has 0 saturated heterocycles. The Labute approximate surface area is 165 Å². The van der Waals surface area contributed by atoms with Gasteiger partial charge in [0.2, 0.25) is 15.9 Å². The standard InChI is InChI=1S/C21H24N2O4S/c1-22-28(25,26)20-14-15(8-12-19(20)27-3)9-13-21(24)23(2)18-11-10-16-6-4-5-7-17(16)18/h4-9,12-14,18,22H,10-11H2,1-3H3/b13-9+. The maximum atomic E-state index is 12.7. The van der Waals surface area contributed by atoms with Gasteiger partial charge in [-0.1, -0.05) is 30.3 Å². The van der Waals surface area contributed by atoms with Crippen LogP contribution < -0.4 is 9.46 Å². The van der Waals surface area contributed by atoms with Crippen LogP contribution in [-0.2, 0) is 21.2 Å². The number of ether oxygens (including phenoxy) is 1. The summed E-state index contributed by atoms with van der Waals surface area (Å²) in [5.41, 5.74) is 3.08. The molecule has 0 aromatic heterocycles. The number of rotatable bonds is 6. The zero-order valence-corrected chi connectivity index (χ0v) is 17.0. The molecular formula is C21H24N2O4S. The molecule has 1 unspecified atom stereocenters. The third kappa shape index (κ3) is 3.95. The first-order valence-electron chi connectivity index (χ1n) is 9.01. The minimum Gasteiger partial charge on any atom is -0.495 e. The molecular weight excluding hydrogens is 376 g/mol. The van der Waals surface area contributed by atoms with Crippen LogP contribution in [0.25, 0.3) is 6.08 Å². The maximum absolute atomic E-state index is 12.7. The van der Waals surface area contributed by atoms with Crippen molar-refractivity contribution in [2.45, 2.75) is 23.8 Å². The number of fused-ring (bicyclic) bond motifs is 1. The fourth-order valence-electron chi connectivity index (χ4n) is 3.49. The molecule has 3 rings (SSSR count). The van der Waals surface area contributed by atoms with Crippen LogP contribution in [0.1, 0.15) is 29.2 Å². The summed E-state index contributed by atoms with van der Waals surface area (Å²) in [4.78, 5) is 14.4. The normalized spacial score (nSPS) is 16.2. The van der Waals surface area contributed by atoms with E-state index in [0.29, 0.717) is 5.56 Å². The second-order valence-electron chi connectivity index (χ2n) is 6.65. The zero-order valence-electron chi connectivity index (χ0n) is 16.2. The largest absolute Gasteiger partial charge is 0.495 e. The first kappa shape index (κ1) is 20.1. The van der Waals surface area contributed by atoms with Crippen molar-refractivity contribution in [2.75, 3.05) is 21.2 Å². The van der Waals surface area contributed by atoms with Crippen LogP contribution in [-0.4, -0.2) is 40.4 Å². The Bertz CT molecular complexity index is 1010. The Hall–Kier alpha value is -2.64. The topological polar surface area (TPSA) is 75.7 Å². The number of benzene rings is 2. The Morgan fingerprint density at radius 1 is 1.25 bits per heavy atom. The number of amides is 1. The van der Waals surface area contributed by atoms with Crippen molar-refractivity contribution in [1.82, 2.24) is 9.62 Å². The lowest BCUT2D eigenvalue weighted by Gasteiger charge is -2.24. The molecule has 2 aromatic rings. The number of carbonyl (C=O) groups is 1. The van der Waals surface area contributed by atoms with Crippen molar-refractivity contribution < 1.29 is 17.9 Å². The van der Waals surface area contributed by atoms with Crippen LogP contribution in [0, 0.1) is 0 Å². The average molecular weight is 401 g/mol. The SMILES string of the molecule is CNS(=O)(=O)c1cc(/C=C/C(=O)N(C)C2CCc3ccccc32)ccc1OC. The van der Waals surface area contributed by atoms with E-state index in [0.717, 1.165) is 12.8 Å². The number of likely N-dealkylation sites (N-methyl/N-ethyl adjacent to an activating group) is 1. The van der Waals surface area contributed by atoms with Gasteiger partial charge < -0.3 is 9.64 Å². The van der Waals surface area contributed by atoms with Crippen LogP contribution in [0.5, 0.6) is 5.75 Å². The molecule has 28 heavy (non-hydrogen) atoms. The summed E-state index contributed by atoms with van der Waals surface area (Å²) < 4.78 is 31.8. The predicted octanol–water partition coefficient (Wildman–Crippen LogP) is 2.76. The molecule has 6 nitrogen and oxygen atoms in total. The highest BCUT2D eigenvalue weighted by Gasteiger charge is 2.27. The molecule has 1 atom stereocenters. The maximum Gasteiger partial charge on any atom is 0.246 e. The molecule has 0 saturated carbocycles. The number of sulfonamides is 1. The van der Waals surface area contributed by atoms with E-state index in [9.17, 15) is 13.2 Å². The number of hydrogen-bond donors (Lipinski definition) is 1. The summed E-state index contributed by atoms with van der Waals surface area (Å²) >= 11 is 0. The van der Waals surface area contributed by atoms with Gasteiger partial charge in [0.15, 0.2) is 0 Å². The second-order valence-corrected chi connectivity index (χ2v) is 8.51. The number of hydrogen-bond acceptors (Lipinski definition) is 4. The van der Waals surface area contributed by atoms with Gasteiger partial charge in [-0.05, 0) is 54.8 Å². The number of methoxy groups -OCH3 is 1. The van der Waals surface area contributed by atoms with Crippen LogP contribution in [0.3, 0.4) is 0 Å². The van der Waals surface area contributed by atoms with Gasteiger partial charge in [0, 0.05) is 13.1 Å². The number of carbonyl (C=O) groups excluding carboxylic acids is 1. The molecule has 0 aliphatic heterocycles. The predicted molar refractivity (Wildman–Crippen MR) is 109 cm³/mol. The van der Waals surface area contributed by atoms with Crippen molar-refractivity contribution in [3.8, 4) is 5.75 Å². The first-order chi connectivity index (χ1) is 13.4. The van der Waals surface area contributed by atoms with Gasteiger partial charge in [0.05, 0.1) is 13.2 Å². The van der Waals surface area contributed by atoms with Gasteiger partial charge >= 0.3 is 0 Å². The Kier molecular flexibility index (Phi) is 5.86. The highest BCUT2D eigenvalue weighted by Crippen LogP contribution is 2.35. The Balaban J connectivity index is 1.80. The first-order valence-corrected chi connectivity index (χ1v) is 10.5. The third-order valence-electron chi connectivity index (χ3n) is 5.08. The molecule has 7 heteroatoms. The van der Waals surface area contributed by atoms with Crippen LogP contribution in [0.4, 0.5) is 0 Å². The molecule has 0 fully saturated rings. The van der Waals surface area contributed by atoms with Crippen molar-refractivity contribution in [1.29, 1.82) is 0 Å². The zero-order chi connectivity index (χ0) is 20.3. The fraction of sp³-hybridized carbons (Fsp3) is 0.286. The minimum absolute atomic E-state index is 0.0326. The van der Waals surface area contributed by atoms with Crippen LogP contribution in [0.2, 0.25) is 0 Å². The Morgan fingerprint density at radius 3 is 2.71 bits per heavy atom. The van der Waals surface area contributed by atoms with Gasteiger partial charge in [0.1, 0.15) is 10.6 Å². The van der Waals surface area contributed by atoms with Gasteiger partial charge in [-0.2, -0.15) is 0 Å². The van der Waals surface area contributed by atoms with E-state index in [1.807, 2.05) is 12.1 Å². The number of nitrogens with one attached hydrogen (secondary N) is 1. The summed E-state index contributed by atoms with van der Waals surface area (Å²) in [5, 5.41) is 0. The molecule has 0 spiro atoms. The summed E-state index contributed by atoms with van der Waals surface area (Å²) in [7, 11) is 0.883. The summed E-state index contributed by atoms with van der Waals surface area (Å²) in [5.74, 6) is 0.119. The lowest BCUT2D eigenvalue weighted by atomic mass is 10.1. The highest BCUT2D eigenvalue weighted by atomic mass is 32.2. The fourth-order valence-corrected chi connectivity index (χ4v) is 4.42. The van der Waals surface area contributed by atoms with Crippen LogP contribution in [0.15, 0.2) is 53.4 Å². The molecule has 1 amide bonds. The minimum atomic E-state index is -3.67. The van der Waals surface area contributed by atoms with Crippen molar-refractivity contribution in [2.24, 2.45) is 0 Å². The smallest absolute Gasteiger partial charge is 0.246 e.